The predicted octanol–water partition coefficient (Wildman–Crippen LogP) is 5.00. The zero-order valence-electron chi connectivity index (χ0n) is 18.9. The highest BCUT2D eigenvalue weighted by molar-refractivity contribution is 5.95. The van der Waals surface area contributed by atoms with Crippen LogP contribution in [0.4, 0.5) is 4.79 Å². The molecule has 0 saturated carbocycles. The number of aryl methyl sites for hydroxylation is 2. The highest BCUT2D eigenvalue weighted by Crippen LogP contribution is 2.21. The Labute approximate surface area is 179 Å². The van der Waals surface area contributed by atoms with E-state index in [0.717, 1.165) is 61.7 Å². The van der Waals surface area contributed by atoms with Crippen LogP contribution in [0, 0.1) is 6.92 Å². The Bertz CT molecular complexity index is 852. The molecule has 30 heavy (non-hydrogen) atoms. The number of hydrogen-bond acceptors (Lipinski definition) is 5. The van der Waals surface area contributed by atoms with Gasteiger partial charge in [0, 0.05) is 18.5 Å². The fraction of sp³-hybridized carbons (Fsp3) is 0.609. The Balaban J connectivity index is 1.67. The van der Waals surface area contributed by atoms with E-state index in [0.29, 0.717) is 12.1 Å². The number of methoxy groups -OCH3 is 1. The number of unbranched alkanes of at least 4 members (excludes halogenated alkanes) is 5. The number of carbonyl (C=O) groups is 2. The number of benzene rings is 1. The number of hydrogen-bond donors (Lipinski definition) is 1. The quantitative estimate of drug-likeness (QED) is 0.435. The molecule has 0 aliphatic heterocycles. The van der Waals surface area contributed by atoms with Crippen LogP contribution in [0.3, 0.4) is 0 Å². The summed E-state index contributed by atoms with van der Waals surface area (Å²) < 4.78 is 12.0. The van der Waals surface area contributed by atoms with E-state index < -0.39 is 5.60 Å². The molecule has 1 N–H and O–H groups in total. The average molecular weight is 418 g/mol. The first kappa shape index (κ1) is 23.7. The molecule has 0 spiro atoms. The minimum absolute atomic E-state index is 0.330. The van der Waals surface area contributed by atoms with Crippen molar-refractivity contribution in [3.8, 4) is 0 Å². The van der Waals surface area contributed by atoms with Crippen molar-refractivity contribution in [2.75, 3.05) is 13.7 Å². The van der Waals surface area contributed by atoms with Gasteiger partial charge in [-0.1, -0.05) is 31.7 Å². The summed E-state index contributed by atoms with van der Waals surface area (Å²) in [6.45, 7) is 9.04. The molecule has 1 heterocycles. The summed E-state index contributed by atoms with van der Waals surface area (Å²) in [4.78, 5) is 23.4. The number of nitrogens with zero attached hydrogens (tertiary/aromatic N) is 2. The maximum Gasteiger partial charge on any atom is 0.407 e. The summed E-state index contributed by atoms with van der Waals surface area (Å²) in [6, 6.07) is 5.58. The van der Waals surface area contributed by atoms with Gasteiger partial charge < -0.3 is 14.8 Å². The lowest BCUT2D eigenvalue weighted by Gasteiger charge is -2.19. The third kappa shape index (κ3) is 7.35. The van der Waals surface area contributed by atoms with Crippen LogP contribution < -0.4 is 5.32 Å². The highest BCUT2D eigenvalue weighted by atomic mass is 16.6. The third-order valence-corrected chi connectivity index (χ3v) is 4.82. The number of fused-ring (bicyclic) bond motifs is 1. The van der Waals surface area contributed by atoms with Crippen molar-refractivity contribution < 1.29 is 19.1 Å². The first-order valence-corrected chi connectivity index (χ1v) is 10.7. The largest absolute Gasteiger partial charge is 0.465 e. The smallest absolute Gasteiger partial charge is 0.407 e. The Kier molecular flexibility index (Phi) is 8.69. The van der Waals surface area contributed by atoms with E-state index in [1.807, 2.05) is 44.5 Å². The maximum atomic E-state index is 11.8. The zero-order chi connectivity index (χ0) is 22.1. The summed E-state index contributed by atoms with van der Waals surface area (Å²) in [7, 11) is 1.39. The molecule has 0 aliphatic rings. The first-order chi connectivity index (χ1) is 14.2. The molecule has 0 saturated heterocycles. The Morgan fingerprint density at radius 3 is 2.40 bits per heavy atom. The van der Waals surface area contributed by atoms with Gasteiger partial charge in [0.1, 0.15) is 5.60 Å². The number of esters is 1. The number of ether oxygens (including phenoxy) is 2. The van der Waals surface area contributed by atoms with Crippen molar-refractivity contribution in [2.45, 2.75) is 78.4 Å². The van der Waals surface area contributed by atoms with Crippen LogP contribution in [0.5, 0.6) is 0 Å². The molecule has 7 nitrogen and oxygen atoms in total. The maximum absolute atomic E-state index is 11.8. The fourth-order valence-electron chi connectivity index (χ4n) is 3.35. The van der Waals surface area contributed by atoms with Crippen LogP contribution in [-0.2, 0) is 16.0 Å². The number of amides is 1. The molecule has 1 amide bonds. The normalized spacial score (nSPS) is 11.5. The molecule has 0 radical (unpaired) electrons. The van der Waals surface area contributed by atoms with Gasteiger partial charge in [-0.2, -0.15) is 5.10 Å². The summed E-state index contributed by atoms with van der Waals surface area (Å²) in [6.07, 6.45) is 6.14. The van der Waals surface area contributed by atoms with Crippen LogP contribution in [0.2, 0.25) is 0 Å². The number of nitrogens with one attached hydrogen (secondary N) is 1. The lowest BCUT2D eigenvalue weighted by Crippen LogP contribution is -2.32. The Morgan fingerprint density at radius 2 is 1.73 bits per heavy atom. The predicted molar refractivity (Wildman–Crippen MR) is 118 cm³/mol. The molecule has 0 fully saturated rings. The SMILES string of the molecule is COC(=O)c1ccc2c(C)nn(CCCCCCCCNC(=O)OC(C)(C)C)c2c1. The van der Waals surface area contributed by atoms with E-state index in [4.69, 9.17) is 9.47 Å². The molecular weight excluding hydrogens is 382 g/mol. The number of rotatable bonds is 10. The molecule has 0 unspecified atom stereocenters. The Hall–Kier alpha value is -2.57. The van der Waals surface area contributed by atoms with Crippen LogP contribution >= 0.6 is 0 Å². The summed E-state index contributed by atoms with van der Waals surface area (Å²) in [5.41, 5.74) is 2.04. The van der Waals surface area contributed by atoms with Crippen LogP contribution in [0.1, 0.15) is 75.3 Å². The van der Waals surface area contributed by atoms with Crippen LogP contribution in [0.15, 0.2) is 18.2 Å². The second-order valence-corrected chi connectivity index (χ2v) is 8.58. The van der Waals surface area contributed by atoms with Gasteiger partial charge >= 0.3 is 12.1 Å². The standard InChI is InChI=1S/C23H35N3O4/c1-17-19-13-12-18(21(27)29-5)16-20(19)26(25-17)15-11-9-7-6-8-10-14-24-22(28)30-23(2,3)4/h12-13,16H,6-11,14-15H2,1-5H3,(H,24,28). The molecule has 2 aromatic rings. The van der Waals surface area contributed by atoms with Gasteiger partial charge in [-0.25, -0.2) is 9.59 Å². The molecular formula is C23H35N3O4. The first-order valence-electron chi connectivity index (χ1n) is 10.7. The summed E-state index contributed by atoms with van der Waals surface area (Å²) in [5, 5.41) is 8.49. The zero-order valence-corrected chi connectivity index (χ0v) is 18.9. The summed E-state index contributed by atoms with van der Waals surface area (Å²) in [5.74, 6) is -0.330. The van der Waals surface area contributed by atoms with Crippen molar-refractivity contribution >= 4 is 23.0 Å². The minimum atomic E-state index is -0.455. The van der Waals surface area contributed by atoms with E-state index in [1.165, 1.54) is 7.11 Å². The second kappa shape index (κ2) is 11.0. The lowest BCUT2D eigenvalue weighted by molar-refractivity contribution is 0.0525. The van der Waals surface area contributed by atoms with Crippen molar-refractivity contribution in [1.82, 2.24) is 15.1 Å². The molecule has 1 aromatic heterocycles. The van der Waals surface area contributed by atoms with Gasteiger partial charge in [-0.3, -0.25) is 4.68 Å². The highest BCUT2D eigenvalue weighted by Gasteiger charge is 2.15. The molecule has 166 valence electrons. The molecule has 0 bridgehead atoms. The van der Waals surface area contributed by atoms with Crippen molar-refractivity contribution in [3.63, 3.8) is 0 Å². The average Bonchev–Trinajstić information content (AvgIpc) is 2.99. The van der Waals surface area contributed by atoms with Gasteiger partial charge in [0.05, 0.1) is 23.9 Å². The van der Waals surface area contributed by atoms with Gasteiger partial charge in [0.25, 0.3) is 0 Å². The molecule has 2 rings (SSSR count). The Morgan fingerprint density at radius 1 is 1.07 bits per heavy atom. The number of alkyl carbamates (subject to hydrolysis) is 1. The lowest BCUT2D eigenvalue weighted by atomic mass is 10.1. The van der Waals surface area contributed by atoms with E-state index >= 15 is 0 Å². The van der Waals surface area contributed by atoms with Crippen molar-refractivity contribution in [3.05, 3.63) is 29.5 Å². The molecule has 0 aliphatic carbocycles. The van der Waals surface area contributed by atoms with E-state index in [2.05, 4.69) is 10.4 Å². The van der Waals surface area contributed by atoms with Gasteiger partial charge in [-0.05, 0) is 52.7 Å². The number of carbonyl (C=O) groups excluding carboxylic acids is 2. The fourth-order valence-corrected chi connectivity index (χ4v) is 3.35. The van der Waals surface area contributed by atoms with E-state index in [1.54, 1.807) is 6.07 Å². The van der Waals surface area contributed by atoms with Gasteiger partial charge in [0.2, 0.25) is 0 Å². The number of aromatic nitrogens is 2. The molecule has 0 atom stereocenters. The van der Waals surface area contributed by atoms with E-state index in [-0.39, 0.29) is 12.1 Å². The van der Waals surface area contributed by atoms with Crippen LogP contribution in [-0.4, -0.2) is 41.1 Å². The molecule has 7 heteroatoms. The van der Waals surface area contributed by atoms with Crippen molar-refractivity contribution in [1.29, 1.82) is 0 Å². The second-order valence-electron chi connectivity index (χ2n) is 8.58. The van der Waals surface area contributed by atoms with Crippen molar-refractivity contribution in [2.24, 2.45) is 0 Å². The van der Waals surface area contributed by atoms with Crippen LogP contribution in [0.25, 0.3) is 10.9 Å². The monoisotopic (exact) mass is 417 g/mol. The topological polar surface area (TPSA) is 82.5 Å². The van der Waals surface area contributed by atoms with Gasteiger partial charge in [-0.15, -0.1) is 0 Å². The molecule has 1 aromatic carbocycles. The minimum Gasteiger partial charge on any atom is -0.465 e. The van der Waals surface area contributed by atoms with E-state index in [9.17, 15) is 9.59 Å². The van der Waals surface area contributed by atoms with Gasteiger partial charge in [0.15, 0.2) is 0 Å². The third-order valence-electron chi connectivity index (χ3n) is 4.82. The summed E-state index contributed by atoms with van der Waals surface area (Å²) >= 11 is 0.